The monoisotopic (exact) mass is 476 g/mol. The second-order valence-corrected chi connectivity index (χ2v) is 8.95. The fraction of sp³-hybridized carbons (Fsp3) is 0.318. The molecule has 1 heterocycles. The highest BCUT2D eigenvalue weighted by molar-refractivity contribution is 7.92. The average Bonchev–Trinajstić information content (AvgIpc) is 2.82. The predicted octanol–water partition coefficient (Wildman–Crippen LogP) is 1.84. The van der Waals surface area contributed by atoms with E-state index in [4.69, 9.17) is 4.74 Å². The smallest absolute Gasteiger partial charge is 0.337 e. The van der Waals surface area contributed by atoms with E-state index in [2.05, 4.69) is 14.2 Å². The molecule has 1 saturated heterocycles. The molecule has 1 aliphatic heterocycles. The number of nitrogens with zero attached hydrogens (tertiary/aromatic N) is 1. The van der Waals surface area contributed by atoms with Crippen molar-refractivity contribution in [1.82, 2.24) is 4.90 Å². The minimum atomic E-state index is -4.16. The van der Waals surface area contributed by atoms with Gasteiger partial charge in [0.15, 0.2) is 0 Å². The molecular weight excluding hydrogens is 452 g/mol. The molecule has 33 heavy (non-hydrogen) atoms. The molecule has 0 bridgehead atoms. The van der Waals surface area contributed by atoms with Crippen LogP contribution in [-0.2, 0) is 24.2 Å². The van der Waals surface area contributed by atoms with E-state index in [1.807, 2.05) is 0 Å². The van der Waals surface area contributed by atoms with Crippen LogP contribution in [0.1, 0.15) is 36.6 Å². The van der Waals surface area contributed by atoms with E-state index in [0.29, 0.717) is 31.9 Å². The van der Waals surface area contributed by atoms with Gasteiger partial charge >= 0.3 is 11.9 Å². The summed E-state index contributed by atoms with van der Waals surface area (Å²) in [6.07, 6.45) is 0. The van der Waals surface area contributed by atoms with Gasteiger partial charge in [0.2, 0.25) is 0 Å². The third-order valence-corrected chi connectivity index (χ3v) is 6.45. The zero-order chi connectivity index (χ0) is 24.2. The van der Waals surface area contributed by atoms with Crippen LogP contribution >= 0.6 is 0 Å². The number of rotatable bonds is 6. The van der Waals surface area contributed by atoms with Gasteiger partial charge in [-0.05, 0) is 42.8 Å². The molecule has 1 N–H and O–H groups in total. The first-order chi connectivity index (χ1) is 15.7. The number of amides is 1. The number of hydrogen-bond donors (Lipinski definition) is 1. The minimum absolute atomic E-state index is 0.0369. The van der Waals surface area contributed by atoms with Crippen molar-refractivity contribution in [3.8, 4) is 0 Å². The predicted molar refractivity (Wildman–Crippen MR) is 118 cm³/mol. The van der Waals surface area contributed by atoms with E-state index in [9.17, 15) is 22.8 Å². The van der Waals surface area contributed by atoms with Gasteiger partial charge < -0.3 is 19.1 Å². The Morgan fingerprint density at radius 3 is 2.06 bits per heavy atom. The lowest BCUT2D eigenvalue weighted by molar-refractivity contribution is 0.0302. The van der Waals surface area contributed by atoms with Crippen LogP contribution in [0.3, 0.4) is 0 Å². The standard InChI is InChI=1S/C22H24N2O8S/c1-14-4-5-18(13-19(14)20(25)24-6-8-32-9-7-24)33(28,29)23-17-11-15(21(26)30-2)10-16(12-17)22(27)31-3/h4-5,10-13,23H,6-9H2,1-3H3. The quantitative estimate of drug-likeness (QED) is 0.626. The zero-order valence-electron chi connectivity index (χ0n) is 18.4. The first kappa shape index (κ1) is 24.2. The maximum absolute atomic E-state index is 13.1. The van der Waals surface area contributed by atoms with Crippen molar-refractivity contribution in [2.75, 3.05) is 45.2 Å². The molecule has 176 valence electrons. The van der Waals surface area contributed by atoms with Crippen molar-refractivity contribution < 1.29 is 37.0 Å². The lowest BCUT2D eigenvalue weighted by Gasteiger charge is -2.27. The molecule has 0 aliphatic carbocycles. The number of aryl methyl sites for hydroxylation is 1. The third-order valence-electron chi connectivity index (χ3n) is 5.08. The van der Waals surface area contributed by atoms with Crippen molar-refractivity contribution in [3.05, 3.63) is 58.7 Å². The molecule has 0 unspecified atom stereocenters. The van der Waals surface area contributed by atoms with Crippen molar-refractivity contribution in [3.63, 3.8) is 0 Å². The van der Waals surface area contributed by atoms with Gasteiger partial charge in [-0.1, -0.05) is 6.07 Å². The van der Waals surface area contributed by atoms with E-state index >= 15 is 0 Å². The van der Waals surface area contributed by atoms with Crippen LogP contribution in [-0.4, -0.2) is 71.7 Å². The molecule has 1 fully saturated rings. The van der Waals surface area contributed by atoms with Crippen LogP contribution < -0.4 is 4.72 Å². The number of hydrogen-bond acceptors (Lipinski definition) is 8. The molecule has 2 aromatic rings. The summed E-state index contributed by atoms with van der Waals surface area (Å²) in [4.78, 5) is 38.3. The Kier molecular flexibility index (Phi) is 7.34. The fourth-order valence-electron chi connectivity index (χ4n) is 3.31. The van der Waals surface area contributed by atoms with E-state index in [-0.39, 0.29) is 33.2 Å². The number of carbonyl (C=O) groups is 3. The lowest BCUT2D eigenvalue weighted by atomic mass is 10.1. The second-order valence-electron chi connectivity index (χ2n) is 7.27. The Bertz CT molecular complexity index is 1150. The summed E-state index contributed by atoms with van der Waals surface area (Å²) < 4.78 is 43.1. The summed E-state index contributed by atoms with van der Waals surface area (Å²) in [5.41, 5.74) is 0.778. The Hall–Kier alpha value is -3.44. The number of sulfonamides is 1. The fourth-order valence-corrected chi connectivity index (χ4v) is 4.37. The third kappa shape index (κ3) is 5.49. The van der Waals surface area contributed by atoms with Crippen LogP contribution in [0.2, 0.25) is 0 Å². The van der Waals surface area contributed by atoms with Gasteiger partial charge in [0.1, 0.15) is 0 Å². The van der Waals surface area contributed by atoms with E-state index in [0.717, 1.165) is 14.2 Å². The van der Waals surface area contributed by atoms with Crippen LogP contribution in [0.5, 0.6) is 0 Å². The molecule has 2 aromatic carbocycles. The molecule has 0 aromatic heterocycles. The molecule has 11 heteroatoms. The van der Waals surface area contributed by atoms with Gasteiger partial charge in [-0.25, -0.2) is 18.0 Å². The van der Waals surface area contributed by atoms with Gasteiger partial charge in [-0.2, -0.15) is 0 Å². The normalized spacial score (nSPS) is 13.8. The van der Waals surface area contributed by atoms with E-state index in [1.54, 1.807) is 17.9 Å². The second kappa shape index (κ2) is 10.0. The van der Waals surface area contributed by atoms with Crippen LogP contribution in [0.4, 0.5) is 5.69 Å². The summed E-state index contributed by atoms with van der Waals surface area (Å²) in [5.74, 6) is -1.79. The number of ether oxygens (including phenoxy) is 3. The van der Waals surface area contributed by atoms with Gasteiger partial charge in [0.25, 0.3) is 15.9 Å². The van der Waals surface area contributed by atoms with Crippen molar-refractivity contribution in [1.29, 1.82) is 0 Å². The highest BCUT2D eigenvalue weighted by Gasteiger charge is 2.24. The highest BCUT2D eigenvalue weighted by Crippen LogP contribution is 2.23. The Morgan fingerprint density at radius 1 is 0.939 bits per heavy atom. The molecule has 10 nitrogen and oxygen atoms in total. The summed E-state index contributed by atoms with van der Waals surface area (Å²) in [6.45, 7) is 3.40. The van der Waals surface area contributed by atoms with Gasteiger partial charge in [0.05, 0.1) is 49.1 Å². The number of nitrogens with one attached hydrogen (secondary N) is 1. The van der Waals surface area contributed by atoms with Crippen LogP contribution in [0, 0.1) is 6.92 Å². The number of carbonyl (C=O) groups excluding carboxylic acids is 3. The minimum Gasteiger partial charge on any atom is -0.465 e. The number of methoxy groups -OCH3 is 2. The molecule has 3 rings (SSSR count). The summed E-state index contributed by atoms with van der Waals surface area (Å²) >= 11 is 0. The SMILES string of the molecule is COC(=O)c1cc(NS(=O)(=O)c2ccc(C)c(C(=O)N3CCOCC3)c2)cc(C(=O)OC)c1. The first-order valence-corrected chi connectivity index (χ1v) is 11.5. The first-order valence-electron chi connectivity index (χ1n) is 9.98. The lowest BCUT2D eigenvalue weighted by Crippen LogP contribution is -2.41. The molecule has 0 radical (unpaired) electrons. The molecule has 1 amide bonds. The molecule has 0 atom stereocenters. The Morgan fingerprint density at radius 2 is 1.52 bits per heavy atom. The zero-order valence-corrected chi connectivity index (χ0v) is 19.2. The maximum Gasteiger partial charge on any atom is 0.337 e. The average molecular weight is 477 g/mol. The Labute approximate surface area is 191 Å². The summed E-state index contributed by atoms with van der Waals surface area (Å²) in [7, 11) is -1.84. The van der Waals surface area contributed by atoms with Crippen molar-refractivity contribution in [2.45, 2.75) is 11.8 Å². The van der Waals surface area contributed by atoms with E-state index < -0.39 is 22.0 Å². The summed E-state index contributed by atoms with van der Waals surface area (Å²) in [5, 5.41) is 0. The van der Waals surface area contributed by atoms with Gasteiger partial charge in [-0.3, -0.25) is 9.52 Å². The highest BCUT2D eigenvalue weighted by atomic mass is 32.2. The van der Waals surface area contributed by atoms with Crippen LogP contribution in [0.25, 0.3) is 0 Å². The molecule has 1 aliphatic rings. The van der Waals surface area contributed by atoms with Crippen molar-refractivity contribution >= 4 is 33.6 Å². The Balaban J connectivity index is 1.95. The molecular formula is C22H24N2O8S. The molecule has 0 spiro atoms. The number of morpholine rings is 1. The van der Waals surface area contributed by atoms with Crippen LogP contribution in [0.15, 0.2) is 41.3 Å². The topological polar surface area (TPSA) is 128 Å². The van der Waals surface area contributed by atoms with Gasteiger partial charge in [0, 0.05) is 18.7 Å². The van der Waals surface area contributed by atoms with Crippen molar-refractivity contribution in [2.24, 2.45) is 0 Å². The van der Waals surface area contributed by atoms with Gasteiger partial charge in [-0.15, -0.1) is 0 Å². The maximum atomic E-state index is 13.1. The number of anilines is 1. The molecule has 0 saturated carbocycles. The number of benzene rings is 2. The summed E-state index contributed by atoms with van der Waals surface area (Å²) in [6, 6.07) is 7.95. The number of esters is 2. The van der Waals surface area contributed by atoms with E-state index in [1.165, 1.54) is 30.3 Å². The largest absolute Gasteiger partial charge is 0.465 e.